The van der Waals surface area contributed by atoms with Crippen LogP contribution in [0.5, 0.6) is 0 Å². The molecule has 0 saturated carbocycles. The molecule has 0 aromatic heterocycles. The lowest BCUT2D eigenvalue weighted by atomic mass is 10.2. The minimum Gasteiger partial charge on any atom is -0.0985 e. The standard InChI is InChI=1S/C8H8.C6H4Cl2/c1-2-8-6-4-3-5-7-8;7-5-3-1-2-4-6(5)8/h2-7H,1H2;1-4H. The summed E-state index contributed by atoms with van der Waals surface area (Å²) in [5, 5.41) is 1.21. The van der Waals surface area contributed by atoms with Gasteiger partial charge in [0.05, 0.1) is 10.0 Å². The van der Waals surface area contributed by atoms with Gasteiger partial charge in [-0.25, -0.2) is 0 Å². The van der Waals surface area contributed by atoms with Crippen LogP contribution >= 0.6 is 23.2 Å². The largest absolute Gasteiger partial charge is 0.0985 e. The number of halogens is 2. The molecule has 0 atom stereocenters. The maximum absolute atomic E-state index is 5.58. The van der Waals surface area contributed by atoms with E-state index >= 15 is 0 Å². The highest BCUT2D eigenvalue weighted by atomic mass is 35.5. The first-order chi connectivity index (χ1) is 7.74. The van der Waals surface area contributed by atoms with Crippen LogP contribution in [0.25, 0.3) is 6.08 Å². The van der Waals surface area contributed by atoms with Gasteiger partial charge in [0.1, 0.15) is 0 Å². The Hall–Kier alpha value is -1.24. The molecule has 0 aliphatic rings. The zero-order chi connectivity index (χ0) is 11.8. The summed E-state index contributed by atoms with van der Waals surface area (Å²) in [6.07, 6.45) is 1.83. The summed E-state index contributed by atoms with van der Waals surface area (Å²) >= 11 is 11.2. The summed E-state index contributed by atoms with van der Waals surface area (Å²) in [6, 6.07) is 17.2. The molecule has 2 aromatic carbocycles. The summed E-state index contributed by atoms with van der Waals surface area (Å²) in [6.45, 7) is 3.63. The molecule has 0 fully saturated rings. The second kappa shape index (κ2) is 7.10. The maximum Gasteiger partial charge on any atom is 0.0592 e. The summed E-state index contributed by atoms with van der Waals surface area (Å²) in [5.74, 6) is 0. The molecule has 0 aliphatic carbocycles. The molecule has 0 nitrogen and oxygen atoms in total. The van der Waals surface area contributed by atoms with Crippen LogP contribution in [0.1, 0.15) is 5.56 Å². The van der Waals surface area contributed by atoms with Gasteiger partial charge in [0.25, 0.3) is 0 Å². The first-order valence-corrected chi connectivity index (χ1v) is 5.57. The number of benzene rings is 2. The van der Waals surface area contributed by atoms with Crippen molar-refractivity contribution in [2.75, 3.05) is 0 Å². The average Bonchev–Trinajstić information content (AvgIpc) is 2.35. The molecule has 2 aromatic rings. The molecule has 0 aliphatic heterocycles. The Labute approximate surface area is 106 Å². The van der Waals surface area contributed by atoms with Crippen LogP contribution in [-0.4, -0.2) is 0 Å². The molecule has 0 unspecified atom stereocenters. The molecule has 2 rings (SSSR count). The van der Waals surface area contributed by atoms with Gasteiger partial charge in [-0.3, -0.25) is 0 Å². The van der Waals surface area contributed by atoms with Crippen molar-refractivity contribution in [3.05, 3.63) is 76.8 Å². The van der Waals surface area contributed by atoms with Crippen molar-refractivity contribution in [1.82, 2.24) is 0 Å². The monoisotopic (exact) mass is 250 g/mol. The van der Waals surface area contributed by atoms with Crippen LogP contribution in [0, 0.1) is 0 Å². The molecule has 0 bridgehead atoms. The summed E-state index contributed by atoms with van der Waals surface area (Å²) < 4.78 is 0. The van der Waals surface area contributed by atoms with Crippen molar-refractivity contribution in [3.63, 3.8) is 0 Å². The highest BCUT2D eigenvalue weighted by molar-refractivity contribution is 6.41. The van der Waals surface area contributed by atoms with Crippen LogP contribution in [0.2, 0.25) is 10.0 Å². The fraction of sp³-hybridized carbons (Fsp3) is 0. The summed E-state index contributed by atoms with van der Waals surface area (Å²) in [7, 11) is 0. The summed E-state index contributed by atoms with van der Waals surface area (Å²) in [4.78, 5) is 0. The van der Waals surface area contributed by atoms with Crippen molar-refractivity contribution < 1.29 is 0 Å². The van der Waals surface area contributed by atoms with Crippen LogP contribution in [0.4, 0.5) is 0 Å². The molecule has 0 saturated heterocycles. The smallest absolute Gasteiger partial charge is 0.0592 e. The molecule has 82 valence electrons. The molecule has 0 spiro atoms. The van der Waals surface area contributed by atoms with E-state index in [4.69, 9.17) is 23.2 Å². The molecular formula is C14H12Cl2. The highest BCUT2D eigenvalue weighted by Crippen LogP contribution is 2.19. The van der Waals surface area contributed by atoms with Crippen molar-refractivity contribution >= 4 is 29.3 Å². The number of hydrogen-bond acceptors (Lipinski definition) is 0. The van der Waals surface area contributed by atoms with E-state index in [2.05, 4.69) is 6.58 Å². The minimum absolute atomic E-state index is 0.606. The lowest BCUT2D eigenvalue weighted by molar-refractivity contribution is 1.67. The second-order valence-corrected chi connectivity index (χ2v) is 3.84. The van der Waals surface area contributed by atoms with E-state index in [1.165, 1.54) is 5.56 Å². The third kappa shape index (κ3) is 4.52. The molecule has 0 heterocycles. The molecule has 16 heavy (non-hydrogen) atoms. The number of hydrogen-bond donors (Lipinski definition) is 0. The predicted molar refractivity (Wildman–Crippen MR) is 73.0 cm³/mol. The van der Waals surface area contributed by atoms with Gasteiger partial charge in [0.15, 0.2) is 0 Å². The third-order valence-electron chi connectivity index (χ3n) is 1.86. The van der Waals surface area contributed by atoms with E-state index in [0.717, 1.165) is 0 Å². The van der Waals surface area contributed by atoms with E-state index in [9.17, 15) is 0 Å². The van der Waals surface area contributed by atoms with Gasteiger partial charge in [-0.1, -0.05) is 78.3 Å². The van der Waals surface area contributed by atoms with Gasteiger partial charge in [0.2, 0.25) is 0 Å². The van der Waals surface area contributed by atoms with Crippen molar-refractivity contribution in [1.29, 1.82) is 0 Å². The Morgan fingerprint density at radius 3 is 1.50 bits per heavy atom. The van der Waals surface area contributed by atoms with Gasteiger partial charge in [-0.15, -0.1) is 0 Å². The Morgan fingerprint density at radius 1 is 0.750 bits per heavy atom. The average molecular weight is 251 g/mol. The van der Waals surface area contributed by atoms with Gasteiger partial charge in [0, 0.05) is 0 Å². The SMILES string of the molecule is C=Cc1ccccc1.Clc1ccccc1Cl. The second-order valence-electron chi connectivity index (χ2n) is 3.03. The molecule has 0 radical (unpaired) electrons. The van der Waals surface area contributed by atoms with E-state index in [1.54, 1.807) is 12.1 Å². The Morgan fingerprint density at radius 2 is 1.19 bits per heavy atom. The summed E-state index contributed by atoms with van der Waals surface area (Å²) in [5.41, 5.74) is 1.17. The van der Waals surface area contributed by atoms with Gasteiger partial charge >= 0.3 is 0 Å². The quantitative estimate of drug-likeness (QED) is 0.643. The molecule has 0 N–H and O–H groups in total. The zero-order valence-corrected chi connectivity index (χ0v) is 10.2. The molecule has 0 amide bonds. The van der Waals surface area contributed by atoms with Crippen molar-refractivity contribution in [2.45, 2.75) is 0 Å². The molecule has 2 heteroatoms. The predicted octanol–water partition coefficient (Wildman–Crippen LogP) is 5.32. The molecular weight excluding hydrogens is 239 g/mol. The number of rotatable bonds is 1. The lowest BCUT2D eigenvalue weighted by Gasteiger charge is -1.88. The van der Waals surface area contributed by atoms with E-state index < -0.39 is 0 Å². The van der Waals surface area contributed by atoms with E-state index in [0.29, 0.717) is 10.0 Å². The Kier molecular flexibility index (Phi) is 5.69. The van der Waals surface area contributed by atoms with Crippen LogP contribution in [-0.2, 0) is 0 Å². The third-order valence-corrected chi connectivity index (χ3v) is 2.62. The Balaban J connectivity index is 0.000000160. The van der Waals surface area contributed by atoms with E-state index in [-0.39, 0.29) is 0 Å². The fourth-order valence-electron chi connectivity index (χ4n) is 1.03. The zero-order valence-electron chi connectivity index (χ0n) is 8.74. The minimum atomic E-state index is 0.606. The van der Waals surface area contributed by atoms with Gasteiger partial charge < -0.3 is 0 Å². The normalized spacial score (nSPS) is 8.88. The van der Waals surface area contributed by atoms with E-state index in [1.807, 2.05) is 48.5 Å². The van der Waals surface area contributed by atoms with Crippen LogP contribution in [0.3, 0.4) is 0 Å². The van der Waals surface area contributed by atoms with Crippen LogP contribution in [0.15, 0.2) is 61.2 Å². The fourth-order valence-corrected chi connectivity index (χ4v) is 1.30. The van der Waals surface area contributed by atoms with Gasteiger partial charge in [-0.2, -0.15) is 0 Å². The topological polar surface area (TPSA) is 0 Å². The first-order valence-electron chi connectivity index (χ1n) is 4.81. The van der Waals surface area contributed by atoms with Crippen LogP contribution < -0.4 is 0 Å². The Bertz CT molecular complexity index is 414. The maximum atomic E-state index is 5.58. The highest BCUT2D eigenvalue weighted by Gasteiger charge is 1.89. The van der Waals surface area contributed by atoms with Crippen molar-refractivity contribution in [3.8, 4) is 0 Å². The van der Waals surface area contributed by atoms with Crippen molar-refractivity contribution in [2.24, 2.45) is 0 Å². The van der Waals surface area contributed by atoms with Gasteiger partial charge in [-0.05, 0) is 17.7 Å². The first kappa shape index (κ1) is 12.8. The lowest BCUT2D eigenvalue weighted by Crippen LogP contribution is -1.63.